The molecule has 2 aromatic heterocycles. The van der Waals surface area contributed by atoms with Crippen LogP contribution in [-0.4, -0.2) is 59.8 Å². The average molecular weight is 346 g/mol. The van der Waals surface area contributed by atoms with Crippen LogP contribution in [0.3, 0.4) is 0 Å². The molecule has 4 atom stereocenters. The van der Waals surface area contributed by atoms with Crippen molar-refractivity contribution in [2.45, 2.75) is 24.5 Å². The van der Waals surface area contributed by atoms with Crippen LogP contribution in [-0.2, 0) is 4.74 Å². The third kappa shape index (κ3) is 1.88. The fraction of sp³-hybridized carbons (Fsp3) is 0.500. The smallest absolute Gasteiger partial charge is 0.181 e. The summed E-state index contributed by atoms with van der Waals surface area (Å²) in [7, 11) is 0. The van der Waals surface area contributed by atoms with Crippen molar-refractivity contribution in [3.63, 3.8) is 0 Å². The summed E-state index contributed by atoms with van der Waals surface area (Å²) in [5.41, 5.74) is 6.43. The van der Waals surface area contributed by atoms with E-state index in [-0.39, 0.29) is 5.82 Å². The van der Waals surface area contributed by atoms with E-state index in [9.17, 15) is 10.2 Å². The molecular formula is C10H12BrN5O4. The number of nitrogens with two attached hydrogens (primary N) is 1. The quantitative estimate of drug-likeness (QED) is 0.496. The first-order valence-electron chi connectivity index (χ1n) is 5.81. The molecule has 0 unspecified atom stereocenters. The van der Waals surface area contributed by atoms with Crippen LogP contribution in [0.15, 0.2) is 11.1 Å². The van der Waals surface area contributed by atoms with E-state index >= 15 is 0 Å². The first kappa shape index (κ1) is 13.6. The largest absolute Gasteiger partial charge is 0.394 e. The highest BCUT2D eigenvalue weighted by Crippen LogP contribution is 2.34. The van der Waals surface area contributed by atoms with Gasteiger partial charge in [0.05, 0.1) is 6.61 Å². The highest BCUT2D eigenvalue weighted by molar-refractivity contribution is 9.10. The van der Waals surface area contributed by atoms with E-state index < -0.39 is 31.1 Å². The Morgan fingerprint density at radius 2 is 2.10 bits per heavy atom. The normalized spacial score (nSPS) is 30.2. The number of hydrogen-bond acceptors (Lipinski definition) is 8. The van der Waals surface area contributed by atoms with Gasteiger partial charge in [0.1, 0.15) is 24.6 Å². The van der Waals surface area contributed by atoms with Crippen molar-refractivity contribution >= 4 is 32.9 Å². The van der Waals surface area contributed by atoms with Gasteiger partial charge in [-0.05, 0) is 15.9 Å². The van der Waals surface area contributed by atoms with Gasteiger partial charge in [0.2, 0.25) is 0 Å². The van der Waals surface area contributed by atoms with Gasteiger partial charge in [-0.2, -0.15) is 0 Å². The highest BCUT2D eigenvalue weighted by atomic mass is 79.9. The van der Waals surface area contributed by atoms with E-state index in [1.54, 1.807) is 0 Å². The van der Waals surface area contributed by atoms with Crippen LogP contribution in [0, 0.1) is 0 Å². The molecule has 0 aromatic carbocycles. The fourth-order valence-corrected chi connectivity index (χ4v) is 2.77. The SMILES string of the molecule is Nc1ncnc2c1nc(Br)n2[C@H]1O[C@H](CO)[C@H](O)[C@H]1O. The molecular weight excluding hydrogens is 334 g/mol. The molecule has 5 N–H and O–H groups in total. The van der Waals surface area contributed by atoms with E-state index in [0.29, 0.717) is 15.9 Å². The highest BCUT2D eigenvalue weighted by Gasteiger charge is 2.44. The van der Waals surface area contributed by atoms with Gasteiger partial charge < -0.3 is 25.8 Å². The lowest BCUT2D eigenvalue weighted by atomic mass is 10.1. The minimum Gasteiger partial charge on any atom is -0.394 e. The number of ether oxygens (including phenoxy) is 1. The molecule has 0 amide bonds. The van der Waals surface area contributed by atoms with Gasteiger partial charge in [-0.1, -0.05) is 0 Å². The Kier molecular flexibility index (Phi) is 3.34. The number of aliphatic hydroxyl groups excluding tert-OH is 3. The number of nitrogen functional groups attached to an aromatic ring is 1. The van der Waals surface area contributed by atoms with Crippen LogP contribution in [0.4, 0.5) is 5.82 Å². The zero-order valence-corrected chi connectivity index (χ0v) is 11.7. The molecule has 1 aliphatic heterocycles. The Morgan fingerprint density at radius 1 is 1.35 bits per heavy atom. The molecule has 0 saturated carbocycles. The molecule has 0 aliphatic carbocycles. The molecule has 2 aromatic rings. The molecule has 1 fully saturated rings. The van der Waals surface area contributed by atoms with Crippen LogP contribution >= 0.6 is 15.9 Å². The van der Waals surface area contributed by atoms with Gasteiger partial charge in [-0.15, -0.1) is 0 Å². The number of hydrogen-bond donors (Lipinski definition) is 4. The molecule has 108 valence electrons. The number of anilines is 1. The van der Waals surface area contributed by atoms with Gasteiger partial charge in [-0.3, -0.25) is 4.57 Å². The molecule has 1 saturated heterocycles. The summed E-state index contributed by atoms with van der Waals surface area (Å²) in [6.45, 7) is -0.407. The second-order valence-corrected chi connectivity index (χ2v) is 5.12. The van der Waals surface area contributed by atoms with Gasteiger partial charge in [0, 0.05) is 0 Å². The lowest BCUT2D eigenvalue weighted by Crippen LogP contribution is -2.33. The molecule has 1 aliphatic rings. The standard InChI is InChI=1S/C10H12BrN5O4/c11-10-15-4-7(12)13-2-14-8(4)16(10)9-6(19)5(18)3(1-17)20-9/h2-3,5-6,9,17-19H,1H2,(H2,12,13,14)/t3-,5+,6-,9+/m1/s1. The maximum atomic E-state index is 10.1. The molecule has 0 bridgehead atoms. The molecule has 3 rings (SSSR count). The van der Waals surface area contributed by atoms with Crippen LogP contribution in [0.5, 0.6) is 0 Å². The van der Waals surface area contributed by atoms with E-state index in [1.807, 2.05) is 0 Å². The molecule has 3 heterocycles. The number of aromatic nitrogens is 4. The number of fused-ring (bicyclic) bond motifs is 1. The van der Waals surface area contributed by atoms with E-state index in [1.165, 1.54) is 10.9 Å². The number of rotatable bonds is 2. The van der Waals surface area contributed by atoms with E-state index in [4.69, 9.17) is 15.6 Å². The maximum Gasteiger partial charge on any atom is 0.181 e. The summed E-state index contributed by atoms with van der Waals surface area (Å²) in [5.74, 6) is 0.196. The molecule has 20 heavy (non-hydrogen) atoms. The van der Waals surface area contributed by atoms with Crippen molar-refractivity contribution in [2.24, 2.45) is 0 Å². The van der Waals surface area contributed by atoms with Crippen molar-refractivity contribution in [1.82, 2.24) is 19.5 Å². The Labute approximate surface area is 121 Å². The monoisotopic (exact) mass is 345 g/mol. The second-order valence-electron chi connectivity index (χ2n) is 4.41. The third-order valence-electron chi connectivity index (χ3n) is 3.23. The molecule has 0 spiro atoms. The van der Waals surface area contributed by atoms with Gasteiger partial charge in [0.25, 0.3) is 0 Å². The zero-order valence-electron chi connectivity index (χ0n) is 10.1. The van der Waals surface area contributed by atoms with Gasteiger partial charge in [0.15, 0.2) is 27.9 Å². The minimum atomic E-state index is -1.22. The summed E-state index contributed by atoms with van der Waals surface area (Å²) < 4.78 is 7.23. The maximum absolute atomic E-state index is 10.1. The third-order valence-corrected chi connectivity index (χ3v) is 3.79. The number of imidazole rings is 1. The first-order chi connectivity index (χ1) is 9.54. The molecule has 10 heteroatoms. The van der Waals surface area contributed by atoms with E-state index in [0.717, 1.165) is 0 Å². The Balaban J connectivity index is 2.11. The zero-order chi connectivity index (χ0) is 14.4. The first-order valence-corrected chi connectivity index (χ1v) is 6.60. The summed E-state index contributed by atoms with van der Waals surface area (Å²) in [4.78, 5) is 12.1. The van der Waals surface area contributed by atoms with Crippen molar-refractivity contribution in [1.29, 1.82) is 0 Å². The predicted octanol–water partition coefficient (Wildman–Crippen LogP) is -1.22. The summed E-state index contributed by atoms with van der Waals surface area (Å²) in [5, 5.41) is 29.0. The second kappa shape index (κ2) is 4.90. The lowest BCUT2D eigenvalue weighted by molar-refractivity contribution is -0.0521. The van der Waals surface area contributed by atoms with Crippen molar-refractivity contribution in [3.8, 4) is 0 Å². The van der Waals surface area contributed by atoms with Crippen LogP contribution in [0.25, 0.3) is 11.2 Å². The number of nitrogens with zero attached hydrogens (tertiary/aromatic N) is 4. The van der Waals surface area contributed by atoms with E-state index in [2.05, 4.69) is 30.9 Å². The molecule has 0 radical (unpaired) electrons. The van der Waals surface area contributed by atoms with Crippen LogP contribution in [0.2, 0.25) is 0 Å². The fourth-order valence-electron chi connectivity index (χ4n) is 2.22. The van der Waals surface area contributed by atoms with Crippen molar-refractivity contribution in [2.75, 3.05) is 12.3 Å². The van der Waals surface area contributed by atoms with Crippen molar-refractivity contribution < 1.29 is 20.1 Å². The van der Waals surface area contributed by atoms with Gasteiger partial charge >= 0.3 is 0 Å². The molecule has 9 nitrogen and oxygen atoms in total. The van der Waals surface area contributed by atoms with Crippen LogP contribution < -0.4 is 5.73 Å². The Hall–Kier alpha value is -1.33. The van der Waals surface area contributed by atoms with Crippen LogP contribution in [0.1, 0.15) is 6.23 Å². The number of halogens is 1. The average Bonchev–Trinajstić information content (AvgIpc) is 2.90. The number of aliphatic hydroxyl groups is 3. The summed E-state index contributed by atoms with van der Waals surface area (Å²) >= 11 is 3.24. The Morgan fingerprint density at radius 3 is 2.75 bits per heavy atom. The van der Waals surface area contributed by atoms with Gasteiger partial charge in [-0.25, -0.2) is 15.0 Å². The summed E-state index contributed by atoms with van der Waals surface area (Å²) in [6, 6.07) is 0. The predicted molar refractivity (Wildman–Crippen MR) is 70.4 cm³/mol. The lowest BCUT2D eigenvalue weighted by Gasteiger charge is -2.17. The van der Waals surface area contributed by atoms with Crippen molar-refractivity contribution in [3.05, 3.63) is 11.1 Å². The minimum absolute atomic E-state index is 0.196. The summed E-state index contributed by atoms with van der Waals surface area (Å²) in [6.07, 6.45) is -2.97. The topological polar surface area (TPSA) is 140 Å². The Bertz CT molecular complexity index is 650.